The first-order valence-corrected chi connectivity index (χ1v) is 5.92. The Hall–Kier alpha value is -2.60. The molecule has 0 radical (unpaired) electrons. The second-order valence-electron chi connectivity index (χ2n) is 4.04. The zero-order valence-electron chi connectivity index (χ0n) is 11.0. The third-order valence-electron chi connectivity index (χ3n) is 2.55. The molecule has 1 aromatic carbocycles. The third kappa shape index (κ3) is 3.46. The highest BCUT2D eigenvalue weighted by Crippen LogP contribution is 2.22. The molecule has 0 amide bonds. The zero-order chi connectivity index (χ0) is 14.4. The molecule has 6 heteroatoms. The predicted octanol–water partition coefficient (Wildman–Crippen LogP) is 2.11. The first-order valence-electron chi connectivity index (χ1n) is 5.92. The summed E-state index contributed by atoms with van der Waals surface area (Å²) in [5.41, 5.74) is 6.84. The Morgan fingerprint density at radius 1 is 1.30 bits per heavy atom. The van der Waals surface area contributed by atoms with E-state index in [2.05, 4.69) is 10.1 Å². The van der Waals surface area contributed by atoms with Crippen LogP contribution in [0.1, 0.15) is 11.3 Å². The van der Waals surface area contributed by atoms with Crippen molar-refractivity contribution in [1.29, 1.82) is 0 Å². The molecule has 3 N–H and O–H groups in total. The number of methoxy groups -OCH3 is 1. The van der Waals surface area contributed by atoms with E-state index >= 15 is 0 Å². The van der Waals surface area contributed by atoms with Gasteiger partial charge in [0.25, 0.3) is 0 Å². The maximum Gasteiger partial charge on any atom is 0.188 e. The van der Waals surface area contributed by atoms with Crippen LogP contribution < -0.4 is 10.5 Å². The SMILES string of the molecule is COCc1cccc(Oc2ccnc(C(N)=NO)c2)c1. The maximum absolute atomic E-state index is 8.63. The molecule has 0 unspecified atom stereocenters. The van der Waals surface area contributed by atoms with Gasteiger partial charge in [0.2, 0.25) is 0 Å². The molecular weight excluding hydrogens is 258 g/mol. The molecule has 1 aromatic heterocycles. The monoisotopic (exact) mass is 273 g/mol. The highest BCUT2D eigenvalue weighted by atomic mass is 16.5. The molecule has 20 heavy (non-hydrogen) atoms. The average Bonchev–Trinajstić information content (AvgIpc) is 2.47. The predicted molar refractivity (Wildman–Crippen MR) is 74.0 cm³/mol. The molecule has 2 rings (SSSR count). The van der Waals surface area contributed by atoms with Crippen molar-refractivity contribution in [2.75, 3.05) is 7.11 Å². The standard InChI is InChI=1S/C14H15N3O3/c1-19-9-10-3-2-4-11(7-10)20-12-5-6-16-13(8-12)14(15)17-18/h2-8,18H,9H2,1H3,(H2,15,17). The number of aromatic nitrogens is 1. The smallest absolute Gasteiger partial charge is 0.188 e. The number of pyridine rings is 1. The highest BCUT2D eigenvalue weighted by Gasteiger charge is 2.04. The van der Waals surface area contributed by atoms with Gasteiger partial charge in [-0.3, -0.25) is 4.98 Å². The van der Waals surface area contributed by atoms with E-state index < -0.39 is 0 Å². The van der Waals surface area contributed by atoms with Crippen molar-refractivity contribution >= 4 is 5.84 Å². The fraction of sp³-hybridized carbons (Fsp3) is 0.143. The lowest BCUT2D eigenvalue weighted by Gasteiger charge is -2.08. The molecule has 0 aliphatic rings. The minimum atomic E-state index is -0.0661. The van der Waals surface area contributed by atoms with E-state index in [4.69, 9.17) is 20.4 Å². The van der Waals surface area contributed by atoms with Gasteiger partial charge in [-0.05, 0) is 23.8 Å². The summed E-state index contributed by atoms with van der Waals surface area (Å²) in [4.78, 5) is 3.98. The van der Waals surface area contributed by atoms with E-state index in [1.165, 1.54) is 6.20 Å². The summed E-state index contributed by atoms with van der Waals surface area (Å²) >= 11 is 0. The first-order chi connectivity index (χ1) is 9.72. The Labute approximate surface area is 116 Å². The number of oxime groups is 1. The molecule has 0 fully saturated rings. The van der Waals surface area contributed by atoms with Crippen molar-refractivity contribution in [3.63, 3.8) is 0 Å². The number of ether oxygens (including phenoxy) is 2. The maximum atomic E-state index is 8.63. The zero-order valence-corrected chi connectivity index (χ0v) is 11.0. The molecular formula is C14H15N3O3. The van der Waals surface area contributed by atoms with Gasteiger partial charge in [-0.1, -0.05) is 17.3 Å². The topological polar surface area (TPSA) is 90.0 Å². The van der Waals surface area contributed by atoms with E-state index in [0.717, 1.165) is 5.56 Å². The Balaban J connectivity index is 2.19. The van der Waals surface area contributed by atoms with E-state index in [-0.39, 0.29) is 5.84 Å². The summed E-state index contributed by atoms with van der Waals surface area (Å²) in [6.07, 6.45) is 1.53. The van der Waals surface area contributed by atoms with Gasteiger partial charge in [0.05, 0.1) is 6.61 Å². The number of hydrogen-bond donors (Lipinski definition) is 2. The molecule has 1 heterocycles. The van der Waals surface area contributed by atoms with Gasteiger partial charge in [0, 0.05) is 19.4 Å². The van der Waals surface area contributed by atoms with E-state index in [1.54, 1.807) is 19.2 Å². The van der Waals surface area contributed by atoms with Gasteiger partial charge in [0.1, 0.15) is 17.2 Å². The lowest BCUT2D eigenvalue weighted by molar-refractivity contribution is 0.184. The van der Waals surface area contributed by atoms with E-state index in [1.807, 2.05) is 24.3 Å². The summed E-state index contributed by atoms with van der Waals surface area (Å²) in [5.74, 6) is 1.16. The normalized spacial score (nSPS) is 11.3. The molecule has 0 aliphatic heterocycles. The van der Waals surface area contributed by atoms with Crippen LogP contribution in [0, 0.1) is 0 Å². The molecule has 0 aliphatic carbocycles. The second-order valence-corrected chi connectivity index (χ2v) is 4.04. The van der Waals surface area contributed by atoms with Crippen molar-refractivity contribution < 1.29 is 14.7 Å². The summed E-state index contributed by atoms with van der Waals surface area (Å²) in [6.45, 7) is 0.517. The van der Waals surface area contributed by atoms with Crippen LogP contribution >= 0.6 is 0 Å². The molecule has 0 saturated carbocycles. The number of rotatable bonds is 5. The summed E-state index contributed by atoms with van der Waals surface area (Å²) in [5, 5.41) is 11.5. The molecule has 0 saturated heterocycles. The van der Waals surface area contributed by atoms with Crippen LogP contribution in [0.2, 0.25) is 0 Å². The minimum absolute atomic E-state index is 0.0661. The van der Waals surface area contributed by atoms with Crippen LogP contribution in [0.15, 0.2) is 47.8 Å². The van der Waals surface area contributed by atoms with Crippen molar-refractivity contribution in [3.8, 4) is 11.5 Å². The highest BCUT2D eigenvalue weighted by molar-refractivity contribution is 5.95. The van der Waals surface area contributed by atoms with Gasteiger partial charge >= 0.3 is 0 Å². The number of hydrogen-bond acceptors (Lipinski definition) is 5. The number of nitrogens with zero attached hydrogens (tertiary/aromatic N) is 2. The fourth-order valence-corrected chi connectivity index (χ4v) is 1.67. The van der Waals surface area contributed by atoms with Gasteiger partial charge in [-0.25, -0.2) is 0 Å². The van der Waals surface area contributed by atoms with Crippen LogP contribution in [0.4, 0.5) is 0 Å². The van der Waals surface area contributed by atoms with Gasteiger partial charge in [-0.15, -0.1) is 0 Å². The Kier molecular flexibility index (Phi) is 4.52. The van der Waals surface area contributed by atoms with Crippen molar-refractivity contribution in [1.82, 2.24) is 4.98 Å². The molecule has 0 atom stereocenters. The summed E-state index contributed by atoms with van der Waals surface area (Å²) < 4.78 is 10.8. The summed E-state index contributed by atoms with van der Waals surface area (Å²) in [7, 11) is 1.64. The van der Waals surface area contributed by atoms with Crippen LogP contribution in [0.25, 0.3) is 0 Å². The van der Waals surface area contributed by atoms with Crippen molar-refractivity contribution in [2.24, 2.45) is 10.9 Å². The number of nitrogens with two attached hydrogens (primary N) is 1. The van der Waals surface area contributed by atoms with Crippen LogP contribution in [0.5, 0.6) is 11.5 Å². The first kappa shape index (κ1) is 13.8. The fourth-order valence-electron chi connectivity index (χ4n) is 1.67. The summed E-state index contributed by atoms with van der Waals surface area (Å²) in [6, 6.07) is 10.8. The minimum Gasteiger partial charge on any atom is -0.457 e. The van der Waals surface area contributed by atoms with Crippen LogP contribution in [-0.2, 0) is 11.3 Å². The van der Waals surface area contributed by atoms with Crippen LogP contribution in [0.3, 0.4) is 0 Å². The second kappa shape index (κ2) is 6.53. The molecule has 104 valence electrons. The molecule has 6 nitrogen and oxygen atoms in total. The Morgan fingerprint density at radius 2 is 2.10 bits per heavy atom. The number of benzene rings is 1. The number of amidine groups is 1. The Morgan fingerprint density at radius 3 is 2.85 bits per heavy atom. The molecule has 2 aromatic rings. The third-order valence-corrected chi connectivity index (χ3v) is 2.55. The van der Waals surface area contributed by atoms with Crippen LogP contribution in [-0.4, -0.2) is 23.1 Å². The lowest BCUT2D eigenvalue weighted by Crippen LogP contribution is -2.14. The van der Waals surface area contributed by atoms with E-state index in [0.29, 0.717) is 23.8 Å². The average molecular weight is 273 g/mol. The molecule has 0 spiro atoms. The van der Waals surface area contributed by atoms with E-state index in [9.17, 15) is 0 Å². The quantitative estimate of drug-likeness (QED) is 0.377. The largest absolute Gasteiger partial charge is 0.457 e. The van der Waals surface area contributed by atoms with Crippen molar-refractivity contribution in [2.45, 2.75) is 6.61 Å². The molecule has 0 bridgehead atoms. The van der Waals surface area contributed by atoms with Gasteiger partial charge in [0.15, 0.2) is 5.84 Å². The Bertz CT molecular complexity index is 614. The van der Waals surface area contributed by atoms with Gasteiger partial charge < -0.3 is 20.4 Å². The lowest BCUT2D eigenvalue weighted by atomic mass is 10.2. The van der Waals surface area contributed by atoms with Crippen molar-refractivity contribution in [3.05, 3.63) is 53.9 Å². The van der Waals surface area contributed by atoms with Gasteiger partial charge in [-0.2, -0.15) is 0 Å².